The molecule has 5 heteroatoms. The highest BCUT2D eigenvalue weighted by molar-refractivity contribution is 7.07. The van der Waals surface area contributed by atoms with Gasteiger partial charge in [-0.3, -0.25) is 10.6 Å². The number of nitrogens with one attached hydrogen (secondary N) is 2. The molecule has 0 bridgehead atoms. The maximum atomic E-state index is 12.0. The van der Waals surface area contributed by atoms with E-state index in [2.05, 4.69) is 10.7 Å². The van der Waals surface area contributed by atoms with Gasteiger partial charge >= 0.3 is 0 Å². The summed E-state index contributed by atoms with van der Waals surface area (Å²) in [4.78, 5) is 12.0. The smallest absolute Gasteiger partial charge is 0.251 e. The summed E-state index contributed by atoms with van der Waals surface area (Å²) in [6.45, 7) is 1.97. The Bertz CT molecular complexity index is 508. The van der Waals surface area contributed by atoms with Gasteiger partial charge in [0.2, 0.25) is 0 Å². The first-order chi connectivity index (χ1) is 8.70. The highest BCUT2D eigenvalue weighted by Crippen LogP contribution is 2.16. The molecule has 0 radical (unpaired) electrons. The normalized spacial score (nSPS) is 11.9. The molecule has 2 rings (SSSR count). The fourth-order valence-corrected chi connectivity index (χ4v) is 2.36. The van der Waals surface area contributed by atoms with Crippen molar-refractivity contribution in [3.63, 3.8) is 0 Å². The Morgan fingerprint density at radius 2 is 2.00 bits per heavy atom. The van der Waals surface area contributed by atoms with Crippen LogP contribution >= 0.6 is 11.3 Å². The predicted octanol–water partition coefficient (Wildman–Crippen LogP) is 2.52. The second-order valence-corrected chi connectivity index (χ2v) is 4.75. The lowest BCUT2D eigenvalue weighted by Crippen LogP contribution is -2.26. The van der Waals surface area contributed by atoms with Crippen LogP contribution in [0, 0.1) is 0 Å². The second kappa shape index (κ2) is 5.66. The molecule has 1 aromatic carbocycles. The first kappa shape index (κ1) is 12.6. The topological polar surface area (TPSA) is 67.2 Å². The molecule has 94 valence electrons. The van der Waals surface area contributed by atoms with Crippen LogP contribution in [0.5, 0.6) is 0 Å². The van der Waals surface area contributed by atoms with Crippen LogP contribution < -0.4 is 16.6 Å². The van der Waals surface area contributed by atoms with Gasteiger partial charge in [0, 0.05) is 11.3 Å². The molecule has 0 spiro atoms. The maximum absolute atomic E-state index is 12.0. The summed E-state index contributed by atoms with van der Waals surface area (Å²) in [7, 11) is 0. The van der Waals surface area contributed by atoms with Crippen LogP contribution in [-0.2, 0) is 0 Å². The van der Waals surface area contributed by atoms with Crippen molar-refractivity contribution in [3.8, 4) is 0 Å². The molecule has 18 heavy (non-hydrogen) atoms. The van der Waals surface area contributed by atoms with Gasteiger partial charge in [0.15, 0.2) is 0 Å². The van der Waals surface area contributed by atoms with Gasteiger partial charge in [0.25, 0.3) is 5.91 Å². The van der Waals surface area contributed by atoms with Crippen LogP contribution in [0.15, 0.2) is 41.1 Å². The Morgan fingerprint density at radius 1 is 1.28 bits per heavy atom. The summed E-state index contributed by atoms with van der Waals surface area (Å²) in [6.07, 6.45) is 0. The lowest BCUT2D eigenvalue weighted by Gasteiger charge is -2.12. The van der Waals surface area contributed by atoms with Crippen molar-refractivity contribution in [2.75, 3.05) is 5.43 Å². The van der Waals surface area contributed by atoms with E-state index in [1.807, 2.05) is 23.8 Å². The van der Waals surface area contributed by atoms with E-state index in [-0.39, 0.29) is 11.9 Å². The Labute approximate surface area is 110 Å². The number of carbonyl (C=O) groups excluding carboxylic acids is 1. The van der Waals surface area contributed by atoms with E-state index < -0.39 is 0 Å². The Kier molecular flexibility index (Phi) is 3.96. The molecule has 1 unspecified atom stereocenters. The molecule has 2 aromatic rings. The Morgan fingerprint density at radius 3 is 2.56 bits per heavy atom. The van der Waals surface area contributed by atoms with Crippen molar-refractivity contribution in [1.29, 1.82) is 0 Å². The van der Waals surface area contributed by atoms with E-state index >= 15 is 0 Å². The number of benzene rings is 1. The van der Waals surface area contributed by atoms with Crippen LogP contribution in [-0.4, -0.2) is 5.91 Å². The van der Waals surface area contributed by atoms with Crippen molar-refractivity contribution in [2.45, 2.75) is 13.0 Å². The highest BCUT2D eigenvalue weighted by Gasteiger charge is 2.11. The number of thiophene rings is 1. The van der Waals surface area contributed by atoms with Crippen molar-refractivity contribution >= 4 is 22.9 Å². The minimum Gasteiger partial charge on any atom is -0.345 e. The summed E-state index contributed by atoms with van der Waals surface area (Å²) in [6, 6.07) is 9.04. The van der Waals surface area contributed by atoms with Crippen molar-refractivity contribution < 1.29 is 4.79 Å². The highest BCUT2D eigenvalue weighted by atomic mass is 32.1. The van der Waals surface area contributed by atoms with Gasteiger partial charge in [-0.05, 0) is 53.6 Å². The zero-order valence-electron chi connectivity index (χ0n) is 10.0. The number of rotatable bonds is 4. The first-order valence-electron chi connectivity index (χ1n) is 5.60. The summed E-state index contributed by atoms with van der Waals surface area (Å²) >= 11 is 1.62. The van der Waals surface area contributed by atoms with Gasteiger partial charge in [-0.2, -0.15) is 11.3 Å². The first-order valence-corrected chi connectivity index (χ1v) is 6.54. The van der Waals surface area contributed by atoms with E-state index in [1.165, 1.54) is 0 Å². The van der Waals surface area contributed by atoms with E-state index in [9.17, 15) is 4.79 Å². The molecule has 4 N–H and O–H groups in total. The number of carbonyl (C=O) groups is 1. The zero-order valence-corrected chi connectivity index (χ0v) is 10.8. The largest absolute Gasteiger partial charge is 0.345 e. The molecule has 1 aromatic heterocycles. The van der Waals surface area contributed by atoms with Crippen molar-refractivity contribution in [1.82, 2.24) is 5.32 Å². The minimum absolute atomic E-state index is 0.0102. The lowest BCUT2D eigenvalue weighted by atomic mass is 10.1. The molecule has 0 fully saturated rings. The lowest BCUT2D eigenvalue weighted by molar-refractivity contribution is 0.0940. The number of anilines is 1. The van der Waals surface area contributed by atoms with Gasteiger partial charge in [0.05, 0.1) is 6.04 Å². The monoisotopic (exact) mass is 261 g/mol. The SMILES string of the molecule is CC(NC(=O)c1ccc(NN)cc1)c1ccsc1. The van der Waals surface area contributed by atoms with Crippen LogP contribution in [0.1, 0.15) is 28.9 Å². The van der Waals surface area contributed by atoms with Gasteiger partial charge in [-0.1, -0.05) is 0 Å². The fraction of sp³-hybridized carbons (Fsp3) is 0.154. The standard InChI is InChI=1S/C13H15N3OS/c1-9(11-6-7-18-8-11)15-13(17)10-2-4-12(16-14)5-3-10/h2-9,16H,14H2,1H3,(H,15,17). The molecular formula is C13H15N3OS. The summed E-state index contributed by atoms with van der Waals surface area (Å²) in [5, 5.41) is 6.99. The third kappa shape index (κ3) is 2.88. The minimum atomic E-state index is -0.0859. The van der Waals surface area contributed by atoms with E-state index in [1.54, 1.807) is 35.6 Å². The van der Waals surface area contributed by atoms with E-state index in [4.69, 9.17) is 5.84 Å². The van der Waals surface area contributed by atoms with Crippen molar-refractivity contribution in [3.05, 3.63) is 52.2 Å². The molecule has 1 heterocycles. The maximum Gasteiger partial charge on any atom is 0.251 e. The Hall–Kier alpha value is -1.85. The van der Waals surface area contributed by atoms with E-state index in [0.29, 0.717) is 5.56 Å². The van der Waals surface area contributed by atoms with Gasteiger partial charge in [-0.15, -0.1) is 0 Å². The Balaban J connectivity index is 2.03. The molecule has 0 aliphatic heterocycles. The summed E-state index contributed by atoms with van der Waals surface area (Å²) in [5.41, 5.74) is 5.04. The van der Waals surface area contributed by atoms with E-state index in [0.717, 1.165) is 11.3 Å². The van der Waals surface area contributed by atoms with Crippen LogP contribution in [0.3, 0.4) is 0 Å². The van der Waals surface area contributed by atoms with Gasteiger partial charge < -0.3 is 10.7 Å². The quantitative estimate of drug-likeness (QED) is 0.585. The molecule has 1 atom stereocenters. The summed E-state index contributed by atoms with van der Waals surface area (Å²) < 4.78 is 0. The molecular weight excluding hydrogens is 246 g/mol. The fourth-order valence-electron chi connectivity index (χ4n) is 1.60. The van der Waals surface area contributed by atoms with Crippen molar-refractivity contribution in [2.24, 2.45) is 5.84 Å². The molecule has 0 aliphatic rings. The molecule has 1 amide bonds. The van der Waals surface area contributed by atoms with Crippen LogP contribution in [0.25, 0.3) is 0 Å². The third-order valence-electron chi connectivity index (χ3n) is 2.70. The number of hydrogen-bond donors (Lipinski definition) is 3. The number of hydrogen-bond acceptors (Lipinski definition) is 4. The number of hydrazine groups is 1. The third-order valence-corrected chi connectivity index (χ3v) is 3.41. The number of amides is 1. The predicted molar refractivity (Wildman–Crippen MR) is 74.5 cm³/mol. The number of nitrogen functional groups attached to an aromatic ring is 1. The average molecular weight is 261 g/mol. The molecule has 0 saturated carbocycles. The average Bonchev–Trinajstić information content (AvgIpc) is 2.92. The summed E-state index contributed by atoms with van der Waals surface area (Å²) in [5.74, 6) is 5.19. The molecule has 0 aliphatic carbocycles. The van der Waals surface area contributed by atoms with Crippen LogP contribution in [0.2, 0.25) is 0 Å². The van der Waals surface area contributed by atoms with Crippen LogP contribution in [0.4, 0.5) is 5.69 Å². The number of nitrogens with two attached hydrogens (primary N) is 1. The van der Waals surface area contributed by atoms with Gasteiger partial charge in [-0.25, -0.2) is 0 Å². The molecule has 4 nitrogen and oxygen atoms in total. The zero-order chi connectivity index (χ0) is 13.0. The van der Waals surface area contributed by atoms with Gasteiger partial charge in [0.1, 0.15) is 0 Å². The second-order valence-electron chi connectivity index (χ2n) is 3.97. The molecule has 0 saturated heterocycles.